The Morgan fingerprint density at radius 1 is 1.30 bits per heavy atom. The summed E-state index contributed by atoms with van der Waals surface area (Å²) in [5.41, 5.74) is 3.51. The fourth-order valence-electron chi connectivity index (χ4n) is 2.16. The zero-order chi connectivity index (χ0) is 14.9. The van der Waals surface area contributed by atoms with Gasteiger partial charge in [0.1, 0.15) is 5.56 Å². The monoisotopic (exact) mass is 290 g/mol. The summed E-state index contributed by atoms with van der Waals surface area (Å²) in [5, 5.41) is 12.5. The number of aromatic carboxylic acids is 1. The Bertz CT molecular complexity index is 643. The van der Waals surface area contributed by atoms with E-state index in [4.69, 9.17) is 0 Å². The predicted molar refractivity (Wildman–Crippen MR) is 81.8 cm³/mol. The molecule has 0 bridgehead atoms. The van der Waals surface area contributed by atoms with Crippen LogP contribution in [-0.2, 0) is 6.54 Å². The summed E-state index contributed by atoms with van der Waals surface area (Å²) in [7, 11) is 0. The van der Waals surface area contributed by atoms with Gasteiger partial charge in [0.2, 0.25) is 0 Å². The van der Waals surface area contributed by atoms with E-state index in [0.717, 1.165) is 5.69 Å². The van der Waals surface area contributed by atoms with Crippen molar-refractivity contribution >= 4 is 23.0 Å². The first-order valence-corrected chi connectivity index (χ1v) is 7.21. The van der Waals surface area contributed by atoms with Crippen LogP contribution >= 0.6 is 11.3 Å². The molecule has 0 atom stereocenters. The third-order valence-electron chi connectivity index (χ3n) is 3.21. The third kappa shape index (κ3) is 2.99. The molecule has 2 N–H and O–H groups in total. The quantitative estimate of drug-likeness (QED) is 0.901. The van der Waals surface area contributed by atoms with E-state index in [0.29, 0.717) is 17.9 Å². The number of thiophene rings is 1. The van der Waals surface area contributed by atoms with Gasteiger partial charge in [0, 0.05) is 22.0 Å². The number of anilines is 1. The lowest BCUT2D eigenvalue weighted by molar-refractivity contribution is 0.0696. The Balaban J connectivity index is 2.26. The molecule has 0 aliphatic heterocycles. The lowest BCUT2D eigenvalue weighted by Gasteiger charge is -2.11. The number of aryl methyl sites for hydroxylation is 4. The van der Waals surface area contributed by atoms with Gasteiger partial charge in [-0.05, 0) is 45.4 Å². The lowest BCUT2D eigenvalue weighted by Crippen LogP contribution is -2.10. The summed E-state index contributed by atoms with van der Waals surface area (Å²) in [4.78, 5) is 18.0. The molecule has 0 spiro atoms. The highest BCUT2D eigenvalue weighted by Gasteiger charge is 2.15. The third-order valence-corrected chi connectivity index (χ3v) is 4.36. The Morgan fingerprint density at radius 3 is 2.55 bits per heavy atom. The van der Waals surface area contributed by atoms with E-state index in [2.05, 4.69) is 30.2 Å². The van der Waals surface area contributed by atoms with Gasteiger partial charge in [-0.3, -0.25) is 4.98 Å². The topological polar surface area (TPSA) is 62.2 Å². The SMILES string of the molecule is Cc1cc(NCc2cc(C)c(C)s2)c(C(=O)O)c(C)n1. The van der Waals surface area contributed by atoms with Crippen molar-refractivity contribution < 1.29 is 9.90 Å². The lowest BCUT2D eigenvalue weighted by atomic mass is 10.1. The summed E-state index contributed by atoms with van der Waals surface area (Å²) in [6.07, 6.45) is 0. The smallest absolute Gasteiger partial charge is 0.339 e. The second kappa shape index (κ2) is 5.63. The molecule has 2 heterocycles. The maximum absolute atomic E-state index is 11.3. The van der Waals surface area contributed by atoms with E-state index in [1.165, 1.54) is 15.3 Å². The van der Waals surface area contributed by atoms with Gasteiger partial charge in [0.05, 0.1) is 11.4 Å². The summed E-state index contributed by atoms with van der Waals surface area (Å²) in [6.45, 7) is 8.39. The van der Waals surface area contributed by atoms with E-state index in [1.54, 1.807) is 24.3 Å². The Kier molecular flexibility index (Phi) is 4.09. The van der Waals surface area contributed by atoms with E-state index >= 15 is 0 Å². The Morgan fingerprint density at radius 2 is 2.00 bits per heavy atom. The van der Waals surface area contributed by atoms with Crippen LogP contribution in [-0.4, -0.2) is 16.1 Å². The van der Waals surface area contributed by atoms with Crippen LogP contribution in [0.4, 0.5) is 5.69 Å². The first-order valence-electron chi connectivity index (χ1n) is 6.40. The maximum Gasteiger partial charge on any atom is 0.339 e. The van der Waals surface area contributed by atoms with Crippen LogP contribution in [0.25, 0.3) is 0 Å². The van der Waals surface area contributed by atoms with Crippen molar-refractivity contribution in [2.75, 3.05) is 5.32 Å². The summed E-state index contributed by atoms with van der Waals surface area (Å²) >= 11 is 1.73. The number of carboxylic acids is 1. The molecule has 0 fully saturated rings. The van der Waals surface area contributed by atoms with Crippen LogP contribution < -0.4 is 5.32 Å². The molecule has 0 saturated heterocycles. The zero-order valence-electron chi connectivity index (χ0n) is 12.1. The number of hydrogen-bond donors (Lipinski definition) is 2. The summed E-state index contributed by atoms with van der Waals surface area (Å²) in [5.74, 6) is -0.948. The van der Waals surface area contributed by atoms with Crippen molar-refractivity contribution in [3.63, 3.8) is 0 Å². The number of carboxylic acid groups (broad SMARTS) is 1. The highest BCUT2D eigenvalue weighted by Crippen LogP contribution is 2.24. The minimum absolute atomic E-state index is 0.251. The van der Waals surface area contributed by atoms with Gasteiger partial charge >= 0.3 is 5.97 Å². The number of aromatic nitrogens is 1. The Hall–Kier alpha value is -1.88. The molecule has 2 rings (SSSR count). The van der Waals surface area contributed by atoms with Crippen LogP contribution in [0.15, 0.2) is 12.1 Å². The van der Waals surface area contributed by atoms with E-state index in [9.17, 15) is 9.90 Å². The molecule has 0 aromatic carbocycles. The van der Waals surface area contributed by atoms with Crippen molar-refractivity contribution in [1.29, 1.82) is 0 Å². The molecule has 20 heavy (non-hydrogen) atoms. The summed E-state index contributed by atoms with van der Waals surface area (Å²) in [6, 6.07) is 3.91. The van der Waals surface area contributed by atoms with Gasteiger partial charge in [-0.15, -0.1) is 11.3 Å². The molecule has 0 saturated carbocycles. The first-order chi connectivity index (χ1) is 9.38. The van der Waals surface area contributed by atoms with Crippen LogP contribution in [0, 0.1) is 27.7 Å². The number of rotatable bonds is 4. The van der Waals surface area contributed by atoms with Gasteiger partial charge in [-0.25, -0.2) is 4.79 Å². The van der Waals surface area contributed by atoms with Crippen molar-refractivity contribution in [1.82, 2.24) is 4.98 Å². The number of nitrogens with zero attached hydrogens (tertiary/aromatic N) is 1. The maximum atomic E-state index is 11.3. The van der Waals surface area contributed by atoms with Gasteiger partial charge in [-0.2, -0.15) is 0 Å². The number of carbonyl (C=O) groups is 1. The fraction of sp³-hybridized carbons (Fsp3) is 0.333. The van der Waals surface area contributed by atoms with E-state index in [-0.39, 0.29) is 5.56 Å². The highest BCUT2D eigenvalue weighted by atomic mass is 32.1. The highest BCUT2D eigenvalue weighted by molar-refractivity contribution is 7.12. The molecule has 4 nitrogen and oxygen atoms in total. The number of nitrogens with one attached hydrogen (secondary N) is 1. The van der Waals surface area contributed by atoms with Crippen molar-refractivity contribution in [3.05, 3.63) is 44.4 Å². The minimum Gasteiger partial charge on any atom is -0.478 e. The molecule has 106 valence electrons. The molecule has 0 aliphatic rings. The van der Waals surface area contributed by atoms with Crippen LogP contribution in [0.1, 0.15) is 37.1 Å². The fourth-order valence-corrected chi connectivity index (χ4v) is 3.15. The van der Waals surface area contributed by atoms with Crippen molar-refractivity contribution in [3.8, 4) is 0 Å². The second-order valence-electron chi connectivity index (χ2n) is 4.88. The molecule has 2 aromatic rings. The van der Waals surface area contributed by atoms with Crippen molar-refractivity contribution in [2.24, 2.45) is 0 Å². The Labute approximate surface area is 122 Å². The molecule has 0 radical (unpaired) electrons. The normalized spacial score (nSPS) is 10.6. The van der Waals surface area contributed by atoms with Gasteiger partial charge in [-0.1, -0.05) is 0 Å². The zero-order valence-corrected chi connectivity index (χ0v) is 12.9. The molecule has 0 amide bonds. The van der Waals surface area contributed by atoms with E-state index in [1.807, 2.05) is 6.92 Å². The van der Waals surface area contributed by atoms with Crippen LogP contribution in [0.2, 0.25) is 0 Å². The minimum atomic E-state index is -0.948. The van der Waals surface area contributed by atoms with E-state index < -0.39 is 5.97 Å². The molecule has 2 aromatic heterocycles. The van der Waals surface area contributed by atoms with Crippen LogP contribution in [0.3, 0.4) is 0 Å². The molecule has 0 unspecified atom stereocenters. The number of pyridine rings is 1. The largest absolute Gasteiger partial charge is 0.478 e. The van der Waals surface area contributed by atoms with Crippen LogP contribution in [0.5, 0.6) is 0 Å². The molecule has 5 heteroatoms. The van der Waals surface area contributed by atoms with Gasteiger partial charge in [0.25, 0.3) is 0 Å². The summed E-state index contributed by atoms with van der Waals surface area (Å²) < 4.78 is 0. The predicted octanol–water partition coefficient (Wildman–Crippen LogP) is 3.69. The number of hydrogen-bond acceptors (Lipinski definition) is 4. The van der Waals surface area contributed by atoms with Crippen molar-refractivity contribution in [2.45, 2.75) is 34.2 Å². The standard InChI is InChI=1S/C15H18N2O2S/c1-8-5-12(20-11(8)4)7-16-13-6-9(2)17-10(3)14(13)15(18)19/h5-6H,7H2,1-4H3,(H,16,17)(H,18,19). The molecule has 0 aliphatic carbocycles. The first kappa shape index (κ1) is 14.5. The molecular formula is C15H18N2O2S. The van der Waals surface area contributed by atoms with Gasteiger partial charge in [0.15, 0.2) is 0 Å². The average molecular weight is 290 g/mol. The molecular weight excluding hydrogens is 272 g/mol. The second-order valence-corrected chi connectivity index (χ2v) is 6.22. The van der Waals surface area contributed by atoms with Gasteiger partial charge < -0.3 is 10.4 Å². The average Bonchev–Trinajstić information content (AvgIpc) is 2.64.